The predicted octanol–water partition coefficient (Wildman–Crippen LogP) is -0.985. The highest BCUT2D eigenvalue weighted by Gasteiger charge is 2.18. The number of hydrogen-bond donors (Lipinski definition) is 2. The molecule has 1 heterocycles. The summed E-state index contributed by atoms with van der Waals surface area (Å²) in [5, 5.41) is 10.3. The van der Waals surface area contributed by atoms with Crippen LogP contribution >= 0.6 is 0 Å². The van der Waals surface area contributed by atoms with Crippen molar-refractivity contribution >= 4 is 10.0 Å². The Hall–Kier alpha value is -0.990. The van der Waals surface area contributed by atoms with Crippen LogP contribution in [0.15, 0.2) is 6.33 Å². The second kappa shape index (κ2) is 5.37. The molecule has 1 rings (SSSR count). The third-order valence-electron chi connectivity index (χ3n) is 2.11. The highest BCUT2D eigenvalue weighted by molar-refractivity contribution is 7.89. The van der Waals surface area contributed by atoms with Crippen molar-refractivity contribution in [1.82, 2.24) is 24.8 Å². The van der Waals surface area contributed by atoms with E-state index in [1.54, 1.807) is 25.6 Å². The van der Waals surface area contributed by atoms with Crippen molar-refractivity contribution in [2.75, 3.05) is 19.3 Å². The van der Waals surface area contributed by atoms with Gasteiger partial charge >= 0.3 is 0 Å². The van der Waals surface area contributed by atoms with Crippen LogP contribution < -0.4 is 10.0 Å². The van der Waals surface area contributed by atoms with E-state index >= 15 is 0 Å². The van der Waals surface area contributed by atoms with Gasteiger partial charge in [-0.2, -0.15) is 0 Å². The van der Waals surface area contributed by atoms with Crippen molar-refractivity contribution in [2.45, 2.75) is 13.0 Å². The van der Waals surface area contributed by atoms with Crippen LogP contribution in [0.1, 0.15) is 18.8 Å². The number of aryl methyl sites for hydroxylation is 1. The average molecular weight is 247 g/mol. The zero-order chi connectivity index (χ0) is 12.2. The summed E-state index contributed by atoms with van der Waals surface area (Å²) in [6, 6.07) is -0.380. The topological polar surface area (TPSA) is 88.9 Å². The Bertz CT molecular complexity index is 427. The Labute approximate surface area is 95.3 Å². The van der Waals surface area contributed by atoms with Gasteiger partial charge in [-0.3, -0.25) is 0 Å². The van der Waals surface area contributed by atoms with Crippen LogP contribution in [0.4, 0.5) is 0 Å². The summed E-state index contributed by atoms with van der Waals surface area (Å²) in [6.07, 6.45) is 1.54. The van der Waals surface area contributed by atoms with Gasteiger partial charge in [0, 0.05) is 13.6 Å². The molecule has 1 aromatic rings. The van der Waals surface area contributed by atoms with E-state index in [4.69, 9.17) is 0 Å². The van der Waals surface area contributed by atoms with E-state index in [0.717, 1.165) is 0 Å². The van der Waals surface area contributed by atoms with Crippen molar-refractivity contribution in [3.63, 3.8) is 0 Å². The van der Waals surface area contributed by atoms with Gasteiger partial charge in [-0.15, -0.1) is 10.2 Å². The zero-order valence-electron chi connectivity index (χ0n) is 9.64. The maximum Gasteiger partial charge on any atom is 0.213 e. The molecule has 7 nitrogen and oxygen atoms in total. The molecule has 8 heteroatoms. The van der Waals surface area contributed by atoms with Gasteiger partial charge in [0.25, 0.3) is 0 Å². The lowest BCUT2D eigenvalue weighted by molar-refractivity contribution is 0.551. The molecule has 2 N–H and O–H groups in total. The fourth-order valence-corrected chi connectivity index (χ4v) is 2.54. The summed E-state index contributed by atoms with van der Waals surface area (Å²) in [7, 11) is 0.202. The van der Waals surface area contributed by atoms with Gasteiger partial charge in [0.1, 0.15) is 12.2 Å². The van der Waals surface area contributed by atoms with E-state index in [0.29, 0.717) is 12.4 Å². The fraction of sp³-hybridized carbons (Fsp3) is 0.750. The monoisotopic (exact) mass is 247 g/mol. The summed E-state index contributed by atoms with van der Waals surface area (Å²) in [5.41, 5.74) is 0. The summed E-state index contributed by atoms with van der Waals surface area (Å²) in [4.78, 5) is 0. The van der Waals surface area contributed by atoms with E-state index in [2.05, 4.69) is 20.2 Å². The van der Waals surface area contributed by atoms with Crippen LogP contribution in [0.25, 0.3) is 0 Å². The molecule has 0 fully saturated rings. The quantitative estimate of drug-likeness (QED) is 0.674. The first kappa shape index (κ1) is 13.1. The molecule has 0 aliphatic heterocycles. The lowest BCUT2D eigenvalue weighted by Gasteiger charge is -2.13. The summed E-state index contributed by atoms with van der Waals surface area (Å²) < 4.78 is 27.4. The van der Waals surface area contributed by atoms with E-state index in [9.17, 15) is 8.42 Å². The number of rotatable bonds is 6. The van der Waals surface area contributed by atoms with Crippen molar-refractivity contribution in [3.05, 3.63) is 12.2 Å². The lowest BCUT2D eigenvalue weighted by atomic mass is 10.3. The van der Waals surface area contributed by atoms with Crippen molar-refractivity contribution in [2.24, 2.45) is 7.05 Å². The number of sulfonamides is 1. The van der Waals surface area contributed by atoms with E-state index in [1.165, 1.54) is 6.33 Å². The number of nitrogens with zero attached hydrogens (tertiary/aromatic N) is 3. The average Bonchev–Trinajstić information content (AvgIpc) is 2.61. The Balaban J connectivity index is 2.64. The smallest absolute Gasteiger partial charge is 0.213 e. The highest BCUT2D eigenvalue weighted by atomic mass is 32.2. The van der Waals surface area contributed by atoms with Gasteiger partial charge < -0.3 is 9.88 Å². The molecule has 92 valence electrons. The molecule has 0 bridgehead atoms. The van der Waals surface area contributed by atoms with E-state index in [1.807, 2.05) is 0 Å². The molecule has 0 amide bonds. The van der Waals surface area contributed by atoms with Crippen LogP contribution in [-0.2, 0) is 17.1 Å². The maximum absolute atomic E-state index is 11.6. The van der Waals surface area contributed by atoms with Crippen LogP contribution in [0.3, 0.4) is 0 Å². The molecule has 0 saturated carbocycles. The lowest BCUT2D eigenvalue weighted by Crippen LogP contribution is -2.33. The van der Waals surface area contributed by atoms with Gasteiger partial charge in [0.15, 0.2) is 0 Å². The Morgan fingerprint density at radius 1 is 1.56 bits per heavy atom. The molecule has 0 saturated heterocycles. The first-order chi connectivity index (χ1) is 7.46. The number of nitrogens with one attached hydrogen (secondary N) is 2. The standard InChI is InChI=1S/C8H17N5O2S/c1-7(8-11-10-6-13(8)3)12-16(14,15)5-4-9-2/h6-7,9,12H,4-5H2,1-3H3. The minimum absolute atomic E-state index is 0.0473. The van der Waals surface area contributed by atoms with Crippen LogP contribution in [0.5, 0.6) is 0 Å². The van der Waals surface area contributed by atoms with Crippen molar-refractivity contribution < 1.29 is 8.42 Å². The van der Waals surface area contributed by atoms with Crippen LogP contribution in [0, 0.1) is 0 Å². The number of aromatic nitrogens is 3. The molecule has 0 aromatic carbocycles. The molecule has 0 aliphatic rings. The third-order valence-corrected chi connectivity index (χ3v) is 3.57. The number of hydrogen-bond acceptors (Lipinski definition) is 5. The molecule has 0 aliphatic carbocycles. The summed E-state index contributed by atoms with van der Waals surface area (Å²) >= 11 is 0. The SMILES string of the molecule is CNCCS(=O)(=O)NC(C)c1nncn1C. The van der Waals surface area contributed by atoms with Crippen LogP contribution in [-0.4, -0.2) is 42.5 Å². The van der Waals surface area contributed by atoms with Gasteiger partial charge in [-0.25, -0.2) is 13.1 Å². The van der Waals surface area contributed by atoms with Gasteiger partial charge in [-0.05, 0) is 14.0 Å². The van der Waals surface area contributed by atoms with Gasteiger partial charge in [0.05, 0.1) is 11.8 Å². The van der Waals surface area contributed by atoms with E-state index < -0.39 is 10.0 Å². The second-order valence-electron chi connectivity index (χ2n) is 3.56. The minimum atomic E-state index is -3.28. The fourth-order valence-electron chi connectivity index (χ4n) is 1.30. The zero-order valence-corrected chi connectivity index (χ0v) is 10.5. The van der Waals surface area contributed by atoms with E-state index in [-0.39, 0.29) is 11.8 Å². The molecular formula is C8H17N5O2S. The molecule has 0 spiro atoms. The second-order valence-corrected chi connectivity index (χ2v) is 5.44. The first-order valence-electron chi connectivity index (χ1n) is 4.95. The van der Waals surface area contributed by atoms with Gasteiger partial charge in [0.2, 0.25) is 10.0 Å². The summed E-state index contributed by atoms with van der Waals surface area (Å²) in [6.45, 7) is 2.15. The van der Waals surface area contributed by atoms with Crippen molar-refractivity contribution in [3.8, 4) is 0 Å². The van der Waals surface area contributed by atoms with Crippen molar-refractivity contribution in [1.29, 1.82) is 0 Å². The molecule has 0 radical (unpaired) electrons. The highest BCUT2D eigenvalue weighted by Crippen LogP contribution is 2.08. The first-order valence-corrected chi connectivity index (χ1v) is 6.60. The molecule has 1 aromatic heterocycles. The Kier molecular flexibility index (Phi) is 4.39. The molecule has 1 atom stereocenters. The summed E-state index contributed by atoms with van der Waals surface area (Å²) in [5.74, 6) is 0.638. The third kappa shape index (κ3) is 3.54. The molecular weight excluding hydrogens is 230 g/mol. The Morgan fingerprint density at radius 2 is 2.25 bits per heavy atom. The van der Waals surface area contributed by atoms with Gasteiger partial charge in [-0.1, -0.05) is 0 Å². The minimum Gasteiger partial charge on any atom is -0.319 e. The molecule has 16 heavy (non-hydrogen) atoms. The normalized spacial score (nSPS) is 13.9. The largest absolute Gasteiger partial charge is 0.319 e. The maximum atomic E-state index is 11.6. The Morgan fingerprint density at radius 3 is 2.75 bits per heavy atom. The van der Waals surface area contributed by atoms with Crippen LogP contribution in [0.2, 0.25) is 0 Å². The molecule has 1 unspecified atom stereocenters. The predicted molar refractivity (Wildman–Crippen MR) is 60.3 cm³/mol.